The molecule has 0 unspecified atom stereocenters. The lowest BCUT2D eigenvalue weighted by Crippen LogP contribution is -2.44. The number of piperidine rings is 1. The molecule has 29 heavy (non-hydrogen) atoms. The summed E-state index contributed by atoms with van der Waals surface area (Å²) in [6.07, 6.45) is 7.15. The molecule has 0 N–H and O–H groups in total. The van der Waals surface area contributed by atoms with Crippen molar-refractivity contribution in [3.63, 3.8) is 0 Å². The molecule has 0 aromatic carbocycles. The molecular weight excluding hydrogens is 388 g/mol. The van der Waals surface area contributed by atoms with Crippen LogP contribution >= 0.6 is 11.8 Å². The molecule has 2 saturated heterocycles. The molecule has 2 aliphatic rings. The number of carbonyl (C=O) groups excluding carboxylic acids is 2. The monoisotopic (exact) mass is 414 g/mol. The Bertz CT molecular complexity index is 886. The number of furan rings is 1. The maximum absolute atomic E-state index is 13.2. The van der Waals surface area contributed by atoms with Crippen LogP contribution in [0, 0.1) is 12.8 Å². The van der Waals surface area contributed by atoms with Gasteiger partial charge in [0, 0.05) is 32.1 Å². The van der Waals surface area contributed by atoms with E-state index in [2.05, 4.69) is 9.97 Å². The van der Waals surface area contributed by atoms with Gasteiger partial charge < -0.3 is 14.2 Å². The SMILES string of the molecule is CSc1nc(-c2ccco2)nc(C)c1C(=O)N1CCC(C(=O)N2CCCC2)CC1. The van der Waals surface area contributed by atoms with Crippen molar-refractivity contribution in [2.75, 3.05) is 32.4 Å². The van der Waals surface area contributed by atoms with Crippen LogP contribution in [-0.2, 0) is 4.79 Å². The normalized spacial score (nSPS) is 17.7. The summed E-state index contributed by atoms with van der Waals surface area (Å²) >= 11 is 1.43. The Morgan fingerprint density at radius 1 is 1.10 bits per heavy atom. The summed E-state index contributed by atoms with van der Waals surface area (Å²) in [6.45, 7) is 4.79. The van der Waals surface area contributed by atoms with E-state index in [9.17, 15) is 9.59 Å². The van der Waals surface area contributed by atoms with E-state index in [1.165, 1.54) is 11.8 Å². The second-order valence-corrected chi connectivity index (χ2v) is 8.39. The highest BCUT2D eigenvalue weighted by Crippen LogP contribution is 2.28. The first-order chi connectivity index (χ1) is 14.1. The lowest BCUT2D eigenvalue weighted by Gasteiger charge is -2.33. The Labute approximate surface area is 174 Å². The maximum Gasteiger partial charge on any atom is 0.258 e. The Kier molecular flexibility index (Phi) is 5.89. The minimum atomic E-state index is -0.0510. The zero-order valence-electron chi connectivity index (χ0n) is 16.9. The summed E-state index contributed by atoms with van der Waals surface area (Å²) in [6, 6.07) is 3.60. The fourth-order valence-electron chi connectivity index (χ4n) is 4.14. The zero-order valence-corrected chi connectivity index (χ0v) is 17.7. The largest absolute Gasteiger partial charge is 0.461 e. The van der Waals surface area contributed by atoms with Crippen LogP contribution in [-0.4, -0.2) is 64.0 Å². The first-order valence-corrected chi connectivity index (χ1v) is 11.4. The summed E-state index contributed by atoms with van der Waals surface area (Å²) in [4.78, 5) is 38.8. The summed E-state index contributed by atoms with van der Waals surface area (Å²) < 4.78 is 5.40. The Balaban J connectivity index is 1.48. The van der Waals surface area contributed by atoms with Crippen molar-refractivity contribution in [1.82, 2.24) is 19.8 Å². The molecule has 7 nitrogen and oxygen atoms in total. The van der Waals surface area contributed by atoms with Gasteiger partial charge in [-0.2, -0.15) is 0 Å². The van der Waals surface area contributed by atoms with Gasteiger partial charge in [0.15, 0.2) is 11.6 Å². The van der Waals surface area contributed by atoms with Crippen LogP contribution < -0.4 is 0 Å². The van der Waals surface area contributed by atoms with Gasteiger partial charge in [-0.1, -0.05) is 0 Å². The minimum Gasteiger partial charge on any atom is -0.461 e. The molecule has 0 aliphatic carbocycles. The molecule has 2 aromatic rings. The van der Waals surface area contributed by atoms with Gasteiger partial charge in [0.1, 0.15) is 5.03 Å². The van der Waals surface area contributed by atoms with Gasteiger partial charge in [0.2, 0.25) is 5.91 Å². The van der Waals surface area contributed by atoms with Gasteiger partial charge in [0.05, 0.1) is 17.5 Å². The van der Waals surface area contributed by atoms with Gasteiger partial charge in [0.25, 0.3) is 5.91 Å². The van der Waals surface area contributed by atoms with Gasteiger partial charge >= 0.3 is 0 Å². The number of aromatic nitrogens is 2. The number of amides is 2. The molecule has 0 radical (unpaired) electrons. The molecular formula is C21H26N4O3S. The van der Waals surface area contributed by atoms with Gasteiger partial charge in [-0.25, -0.2) is 9.97 Å². The molecule has 2 aromatic heterocycles. The van der Waals surface area contributed by atoms with Crippen molar-refractivity contribution in [1.29, 1.82) is 0 Å². The second-order valence-electron chi connectivity index (χ2n) is 7.59. The first kappa shape index (κ1) is 19.9. The standard InChI is InChI=1S/C21H26N4O3S/c1-14-17(19(29-2)23-18(22-14)16-6-5-13-28-16)21(27)25-11-7-15(8-12-25)20(26)24-9-3-4-10-24/h5-6,13,15H,3-4,7-12H2,1-2H3. The molecule has 0 spiro atoms. The summed E-state index contributed by atoms with van der Waals surface area (Å²) in [5, 5.41) is 0.657. The fourth-order valence-corrected chi connectivity index (χ4v) is 4.76. The summed E-state index contributed by atoms with van der Waals surface area (Å²) in [5.74, 6) is 1.33. The van der Waals surface area contributed by atoms with Crippen molar-refractivity contribution >= 4 is 23.6 Å². The highest BCUT2D eigenvalue weighted by molar-refractivity contribution is 7.98. The van der Waals surface area contributed by atoms with E-state index >= 15 is 0 Å². The number of rotatable bonds is 4. The third kappa shape index (κ3) is 4.03. The average Bonchev–Trinajstić information content (AvgIpc) is 3.46. The minimum absolute atomic E-state index is 0.0378. The number of hydrogen-bond acceptors (Lipinski definition) is 6. The van der Waals surface area contributed by atoms with E-state index in [0.29, 0.717) is 41.0 Å². The van der Waals surface area contributed by atoms with Crippen LogP contribution in [0.3, 0.4) is 0 Å². The number of carbonyl (C=O) groups is 2. The quantitative estimate of drug-likeness (QED) is 0.564. The fraction of sp³-hybridized carbons (Fsp3) is 0.524. The first-order valence-electron chi connectivity index (χ1n) is 10.1. The molecule has 2 fully saturated rings. The third-order valence-electron chi connectivity index (χ3n) is 5.75. The highest BCUT2D eigenvalue weighted by atomic mass is 32.2. The van der Waals surface area contributed by atoms with Crippen molar-refractivity contribution in [2.24, 2.45) is 5.92 Å². The second kappa shape index (κ2) is 8.57. The molecule has 8 heteroatoms. The Hall–Kier alpha value is -2.35. The van der Waals surface area contributed by atoms with E-state index in [1.54, 1.807) is 12.3 Å². The Morgan fingerprint density at radius 3 is 2.45 bits per heavy atom. The molecule has 154 valence electrons. The van der Waals surface area contributed by atoms with E-state index in [1.807, 2.05) is 29.0 Å². The zero-order chi connectivity index (χ0) is 20.4. The van der Waals surface area contributed by atoms with Gasteiger partial charge in [-0.05, 0) is 51.0 Å². The summed E-state index contributed by atoms with van der Waals surface area (Å²) in [7, 11) is 0. The maximum atomic E-state index is 13.2. The van der Waals surface area contributed by atoms with Crippen LogP contribution in [0.1, 0.15) is 41.7 Å². The van der Waals surface area contributed by atoms with Gasteiger partial charge in [-0.15, -0.1) is 11.8 Å². The Morgan fingerprint density at radius 2 is 1.83 bits per heavy atom. The summed E-state index contributed by atoms with van der Waals surface area (Å²) in [5.41, 5.74) is 1.20. The van der Waals surface area contributed by atoms with Crippen LogP contribution in [0.25, 0.3) is 11.6 Å². The average molecular weight is 415 g/mol. The molecule has 2 aliphatic heterocycles. The van der Waals surface area contributed by atoms with E-state index < -0.39 is 0 Å². The molecule has 4 rings (SSSR count). The van der Waals surface area contributed by atoms with E-state index in [0.717, 1.165) is 38.8 Å². The van der Waals surface area contributed by atoms with Gasteiger partial charge in [-0.3, -0.25) is 9.59 Å². The smallest absolute Gasteiger partial charge is 0.258 e. The molecule has 0 bridgehead atoms. The van der Waals surface area contributed by atoms with Crippen LogP contribution in [0.4, 0.5) is 0 Å². The molecule has 0 saturated carbocycles. The van der Waals surface area contributed by atoms with Crippen LogP contribution in [0.5, 0.6) is 0 Å². The van der Waals surface area contributed by atoms with E-state index in [-0.39, 0.29) is 17.7 Å². The highest BCUT2D eigenvalue weighted by Gasteiger charge is 2.33. The van der Waals surface area contributed by atoms with Crippen molar-refractivity contribution in [3.05, 3.63) is 29.7 Å². The molecule has 4 heterocycles. The van der Waals surface area contributed by atoms with Crippen molar-refractivity contribution < 1.29 is 14.0 Å². The van der Waals surface area contributed by atoms with E-state index in [4.69, 9.17) is 4.42 Å². The number of nitrogens with zero attached hydrogens (tertiary/aromatic N) is 4. The lowest BCUT2D eigenvalue weighted by atomic mass is 9.95. The predicted octanol–water partition coefficient (Wildman–Crippen LogP) is 3.24. The predicted molar refractivity (Wildman–Crippen MR) is 111 cm³/mol. The molecule has 0 atom stereocenters. The number of thioether (sulfide) groups is 1. The number of aryl methyl sites for hydroxylation is 1. The molecule has 2 amide bonds. The lowest BCUT2D eigenvalue weighted by molar-refractivity contribution is -0.135. The van der Waals surface area contributed by atoms with Crippen molar-refractivity contribution in [2.45, 2.75) is 37.6 Å². The van der Waals surface area contributed by atoms with Crippen LogP contribution in [0.2, 0.25) is 0 Å². The van der Waals surface area contributed by atoms with Crippen LogP contribution in [0.15, 0.2) is 27.8 Å². The number of hydrogen-bond donors (Lipinski definition) is 0. The topological polar surface area (TPSA) is 79.5 Å². The third-order valence-corrected chi connectivity index (χ3v) is 6.44. The number of likely N-dealkylation sites (tertiary alicyclic amines) is 2. The van der Waals surface area contributed by atoms with Crippen molar-refractivity contribution in [3.8, 4) is 11.6 Å².